The Morgan fingerprint density at radius 2 is 1.43 bits per heavy atom. The molecule has 0 amide bonds. The summed E-state index contributed by atoms with van der Waals surface area (Å²) in [4.78, 5) is 13.1. The molecule has 5 heteroatoms. The van der Waals surface area contributed by atoms with Gasteiger partial charge in [-0.2, -0.15) is 0 Å². The standard InChI is InChI=1S/C20H38O2.C17H28N2O/c1-16(2)9-6-10-17(3)11-7-12-18(4)13-8-14-19(5)15-20(21)22;1-20-17-9-7-16(8-10-17)6-4-2-3-5-13-19-14-11-18-12-15-19/h15-18H,6-14H2,1-5H3,(H,21,22);7-10,18H,2-6,11-15H2,1H3/b19-15+;/t17-,18-;/m1./s1. The topological polar surface area (TPSA) is 61.8 Å². The van der Waals surface area contributed by atoms with Crippen molar-refractivity contribution in [3.63, 3.8) is 0 Å². The van der Waals surface area contributed by atoms with Crippen LogP contribution in [0.25, 0.3) is 0 Å². The van der Waals surface area contributed by atoms with Crippen LogP contribution in [0, 0.1) is 17.8 Å². The van der Waals surface area contributed by atoms with E-state index in [2.05, 4.69) is 62.2 Å². The molecule has 2 atom stereocenters. The van der Waals surface area contributed by atoms with Crippen molar-refractivity contribution in [3.8, 4) is 5.75 Å². The number of aryl methyl sites for hydroxylation is 1. The van der Waals surface area contributed by atoms with Crippen LogP contribution in [0.1, 0.15) is 124 Å². The van der Waals surface area contributed by atoms with Crippen LogP contribution in [0.4, 0.5) is 0 Å². The average Bonchev–Trinajstić information content (AvgIpc) is 2.95. The molecule has 42 heavy (non-hydrogen) atoms. The van der Waals surface area contributed by atoms with Crippen molar-refractivity contribution in [2.75, 3.05) is 39.8 Å². The van der Waals surface area contributed by atoms with Gasteiger partial charge in [-0.05, 0) is 81.0 Å². The molecule has 242 valence electrons. The number of nitrogens with zero attached hydrogens (tertiary/aromatic N) is 1. The number of carboxylic acid groups (broad SMARTS) is 1. The monoisotopic (exact) mass is 587 g/mol. The number of piperazine rings is 1. The number of allylic oxidation sites excluding steroid dienone is 1. The molecule has 5 nitrogen and oxygen atoms in total. The molecule has 0 aliphatic carbocycles. The van der Waals surface area contributed by atoms with Crippen LogP contribution >= 0.6 is 0 Å². The summed E-state index contributed by atoms with van der Waals surface area (Å²) in [5.74, 6) is 2.60. The molecule has 0 bridgehead atoms. The van der Waals surface area contributed by atoms with Crippen LogP contribution in [0.5, 0.6) is 5.75 Å². The van der Waals surface area contributed by atoms with Gasteiger partial charge in [-0.1, -0.05) is 103 Å². The fraction of sp³-hybridized carbons (Fsp3) is 0.757. The van der Waals surface area contributed by atoms with Crippen molar-refractivity contribution in [3.05, 3.63) is 41.5 Å². The third-order valence-electron chi connectivity index (χ3n) is 8.57. The van der Waals surface area contributed by atoms with E-state index >= 15 is 0 Å². The minimum absolute atomic E-state index is 0.764. The van der Waals surface area contributed by atoms with E-state index in [1.807, 2.05) is 6.92 Å². The molecule has 1 aromatic carbocycles. The molecule has 1 aliphatic rings. The fourth-order valence-electron chi connectivity index (χ4n) is 5.74. The van der Waals surface area contributed by atoms with Gasteiger partial charge < -0.3 is 20.1 Å². The third kappa shape index (κ3) is 21.8. The number of methoxy groups -OCH3 is 1. The van der Waals surface area contributed by atoms with Crippen molar-refractivity contribution in [2.45, 2.75) is 125 Å². The zero-order chi connectivity index (χ0) is 31.0. The number of benzene rings is 1. The Kier molecular flexibility index (Phi) is 22.3. The Balaban J connectivity index is 0.000000421. The zero-order valence-electron chi connectivity index (χ0n) is 28.3. The van der Waals surface area contributed by atoms with Crippen molar-refractivity contribution >= 4 is 5.97 Å². The van der Waals surface area contributed by atoms with E-state index in [-0.39, 0.29) is 0 Å². The lowest BCUT2D eigenvalue weighted by Crippen LogP contribution is -2.43. The number of ether oxygens (including phenoxy) is 1. The van der Waals surface area contributed by atoms with Crippen LogP contribution in [0.3, 0.4) is 0 Å². The Hall–Kier alpha value is -1.85. The average molecular weight is 587 g/mol. The molecule has 1 heterocycles. The summed E-state index contributed by atoms with van der Waals surface area (Å²) in [5, 5.41) is 12.1. The third-order valence-corrected chi connectivity index (χ3v) is 8.57. The maximum atomic E-state index is 10.5. The molecule has 2 rings (SSSR count). The molecule has 2 N–H and O–H groups in total. The van der Waals surface area contributed by atoms with Crippen molar-refractivity contribution in [2.24, 2.45) is 17.8 Å². The highest BCUT2D eigenvalue weighted by Gasteiger charge is 2.08. The van der Waals surface area contributed by atoms with Crippen molar-refractivity contribution < 1.29 is 14.6 Å². The molecule has 0 aromatic heterocycles. The van der Waals surface area contributed by atoms with Gasteiger partial charge >= 0.3 is 5.97 Å². The van der Waals surface area contributed by atoms with Crippen LogP contribution < -0.4 is 10.1 Å². The second-order valence-electron chi connectivity index (χ2n) is 13.3. The number of hydrogen-bond donors (Lipinski definition) is 2. The highest BCUT2D eigenvalue weighted by Crippen LogP contribution is 2.22. The normalized spacial score (nSPS) is 15.6. The summed E-state index contributed by atoms with van der Waals surface area (Å²) in [7, 11) is 1.72. The number of unbranched alkanes of at least 4 members (excludes halogenated alkanes) is 3. The van der Waals surface area contributed by atoms with Gasteiger partial charge in [0.05, 0.1) is 7.11 Å². The Labute approximate surface area is 259 Å². The molecule has 1 aliphatic heterocycles. The first-order valence-corrected chi connectivity index (χ1v) is 17.2. The molecular formula is C37H66N2O3. The number of rotatable bonds is 21. The largest absolute Gasteiger partial charge is 0.497 e. The van der Waals surface area contributed by atoms with Gasteiger partial charge in [0.15, 0.2) is 0 Å². The number of carboxylic acids is 1. The van der Waals surface area contributed by atoms with Crippen LogP contribution in [-0.4, -0.2) is 55.8 Å². The van der Waals surface area contributed by atoms with E-state index in [0.29, 0.717) is 0 Å². The van der Waals surface area contributed by atoms with Gasteiger partial charge in [-0.15, -0.1) is 0 Å². The quantitative estimate of drug-likeness (QED) is 0.111. The summed E-state index contributed by atoms with van der Waals surface area (Å²) in [6.07, 6.45) is 19.3. The fourth-order valence-corrected chi connectivity index (χ4v) is 5.74. The molecular weight excluding hydrogens is 520 g/mol. The number of carbonyl (C=O) groups is 1. The molecule has 0 saturated carbocycles. The number of hydrogen-bond acceptors (Lipinski definition) is 4. The first-order valence-electron chi connectivity index (χ1n) is 17.2. The van der Waals surface area contributed by atoms with Gasteiger partial charge in [0.25, 0.3) is 0 Å². The highest BCUT2D eigenvalue weighted by atomic mass is 16.5. The number of nitrogens with one attached hydrogen (secondary N) is 1. The summed E-state index contributed by atoms with van der Waals surface area (Å²) in [6, 6.07) is 8.47. The van der Waals surface area contributed by atoms with Crippen molar-refractivity contribution in [1.82, 2.24) is 10.2 Å². The first kappa shape index (κ1) is 38.2. The van der Waals surface area contributed by atoms with Gasteiger partial charge in [-0.3, -0.25) is 0 Å². The van der Waals surface area contributed by atoms with E-state index in [1.165, 1.54) is 108 Å². The molecule has 0 spiro atoms. The van der Waals surface area contributed by atoms with Gasteiger partial charge in [0.1, 0.15) is 5.75 Å². The maximum Gasteiger partial charge on any atom is 0.328 e. The molecule has 0 radical (unpaired) electrons. The predicted octanol–water partition coefficient (Wildman–Crippen LogP) is 9.16. The van der Waals surface area contributed by atoms with E-state index in [9.17, 15) is 4.79 Å². The van der Waals surface area contributed by atoms with E-state index < -0.39 is 5.97 Å². The maximum absolute atomic E-state index is 10.5. The lowest BCUT2D eigenvalue weighted by molar-refractivity contribution is -0.131. The molecule has 1 saturated heterocycles. The summed E-state index contributed by atoms with van der Waals surface area (Å²) < 4.78 is 5.18. The van der Waals surface area contributed by atoms with Crippen LogP contribution in [-0.2, 0) is 11.2 Å². The smallest absolute Gasteiger partial charge is 0.328 e. The minimum atomic E-state index is -0.822. The number of aliphatic carboxylic acids is 1. The molecule has 0 unspecified atom stereocenters. The van der Waals surface area contributed by atoms with E-state index in [0.717, 1.165) is 55.0 Å². The first-order chi connectivity index (χ1) is 20.2. The van der Waals surface area contributed by atoms with Crippen molar-refractivity contribution in [1.29, 1.82) is 0 Å². The minimum Gasteiger partial charge on any atom is -0.497 e. The summed E-state index contributed by atoms with van der Waals surface area (Å²) in [5.41, 5.74) is 2.41. The Morgan fingerprint density at radius 1 is 0.857 bits per heavy atom. The van der Waals surface area contributed by atoms with Crippen LogP contribution in [0.15, 0.2) is 35.9 Å². The molecule has 1 aromatic rings. The second kappa shape index (κ2) is 24.6. The lowest BCUT2D eigenvalue weighted by atomic mass is 9.91. The lowest BCUT2D eigenvalue weighted by Gasteiger charge is -2.27. The molecule has 1 fully saturated rings. The van der Waals surface area contributed by atoms with E-state index in [1.54, 1.807) is 7.11 Å². The van der Waals surface area contributed by atoms with Gasteiger partial charge in [-0.25, -0.2) is 4.79 Å². The van der Waals surface area contributed by atoms with E-state index in [4.69, 9.17) is 9.84 Å². The van der Waals surface area contributed by atoms with Crippen LogP contribution in [0.2, 0.25) is 0 Å². The highest BCUT2D eigenvalue weighted by molar-refractivity contribution is 5.80. The zero-order valence-corrected chi connectivity index (χ0v) is 28.3. The Bertz CT molecular complexity index is 815. The SMILES string of the molecule is C/C(=C\C(=O)O)CCC[C@H](C)CCC[C@H](C)CCCC(C)C.COc1ccc(CCCCCCN2CCNCC2)cc1. The Morgan fingerprint density at radius 3 is 2.00 bits per heavy atom. The second-order valence-corrected chi connectivity index (χ2v) is 13.3. The van der Waals surface area contributed by atoms with Gasteiger partial charge in [0.2, 0.25) is 0 Å². The summed E-state index contributed by atoms with van der Waals surface area (Å²) in [6.45, 7) is 17.3. The predicted molar refractivity (Wildman–Crippen MR) is 181 cm³/mol. The summed E-state index contributed by atoms with van der Waals surface area (Å²) >= 11 is 0. The van der Waals surface area contributed by atoms with Gasteiger partial charge in [0, 0.05) is 32.3 Å².